The van der Waals surface area contributed by atoms with E-state index in [1.54, 1.807) is 0 Å². The molecule has 4 nitrogen and oxygen atoms in total. The maximum atomic E-state index is 5.60. The van der Waals surface area contributed by atoms with Crippen LogP contribution in [-0.4, -0.2) is 74.4 Å². The number of rotatable bonds is 6. The van der Waals surface area contributed by atoms with E-state index in [1.165, 1.54) is 32.5 Å². The number of likely N-dealkylation sites (N-methyl/N-ethyl adjacent to an activating group) is 1. The predicted molar refractivity (Wildman–Crippen MR) is 84.1 cm³/mol. The van der Waals surface area contributed by atoms with Crippen LogP contribution in [0.15, 0.2) is 0 Å². The molecule has 4 unspecified atom stereocenters. The van der Waals surface area contributed by atoms with Gasteiger partial charge < -0.3 is 10.1 Å². The molecule has 2 aliphatic rings. The van der Waals surface area contributed by atoms with E-state index < -0.39 is 0 Å². The SMILES string of the molecule is CCCNC(CN1CC(C)N(C)C(C)C1)C1CCOC1. The summed E-state index contributed by atoms with van der Waals surface area (Å²) < 4.78 is 5.60. The third kappa shape index (κ3) is 4.17. The minimum atomic E-state index is 0.597. The van der Waals surface area contributed by atoms with Gasteiger partial charge in [-0.05, 0) is 40.3 Å². The monoisotopic (exact) mass is 283 g/mol. The van der Waals surface area contributed by atoms with E-state index in [0.29, 0.717) is 24.0 Å². The van der Waals surface area contributed by atoms with Gasteiger partial charge in [0.15, 0.2) is 0 Å². The lowest BCUT2D eigenvalue weighted by atomic mass is 9.97. The summed E-state index contributed by atoms with van der Waals surface area (Å²) in [5.41, 5.74) is 0. The van der Waals surface area contributed by atoms with Gasteiger partial charge in [-0.15, -0.1) is 0 Å². The molecule has 20 heavy (non-hydrogen) atoms. The van der Waals surface area contributed by atoms with Crippen molar-refractivity contribution in [1.29, 1.82) is 0 Å². The first kappa shape index (κ1) is 16.2. The molecule has 0 aliphatic carbocycles. The Bertz CT molecular complexity index is 269. The lowest BCUT2D eigenvalue weighted by molar-refractivity contribution is 0.0485. The molecule has 0 bridgehead atoms. The van der Waals surface area contributed by atoms with E-state index >= 15 is 0 Å². The van der Waals surface area contributed by atoms with Crippen LogP contribution in [0.1, 0.15) is 33.6 Å². The van der Waals surface area contributed by atoms with Crippen LogP contribution < -0.4 is 5.32 Å². The van der Waals surface area contributed by atoms with E-state index in [0.717, 1.165) is 19.8 Å². The van der Waals surface area contributed by atoms with Crippen LogP contribution in [0.25, 0.3) is 0 Å². The molecule has 0 radical (unpaired) electrons. The Labute approximate surface area is 124 Å². The molecule has 0 amide bonds. The predicted octanol–water partition coefficient (Wildman–Crippen LogP) is 1.42. The molecule has 2 fully saturated rings. The van der Waals surface area contributed by atoms with Gasteiger partial charge in [-0.1, -0.05) is 6.92 Å². The van der Waals surface area contributed by atoms with Gasteiger partial charge in [0.2, 0.25) is 0 Å². The molecule has 4 atom stereocenters. The van der Waals surface area contributed by atoms with E-state index in [2.05, 4.69) is 42.9 Å². The first-order chi connectivity index (χ1) is 9.61. The molecule has 2 rings (SSSR count). The van der Waals surface area contributed by atoms with Gasteiger partial charge in [-0.25, -0.2) is 0 Å². The largest absolute Gasteiger partial charge is 0.381 e. The normalized spacial score (nSPS) is 34.5. The standard InChI is InChI=1S/C16H33N3O/c1-5-7-17-16(15-6-8-20-12-15)11-19-9-13(2)18(4)14(3)10-19/h13-17H,5-12H2,1-4H3. The Morgan fingerprint density at radius 2 is 1.95 bits per heavy atom. The molecular formula is C16H33N3O. The van der Waals surface area contributed by atoms with Crippen molar-refractivity contribution in [3.05, 3.63) is 0 Å². The first-order valence-corrected chi connectivity index (χ1v) is 8.37. The Morgan fingerprint density at radius 3 is 2.50 bits per heavy atom. The topological polar surface area (TPSA) is 27.7 Å². The van der Waals surface area contributed by atoms with Crippen LogP contribution in [0, 0.1) is 5.92 Å². The molecular weight excluding hydrogens is 250 g/mol. The fraction of sp³-hybridized carbons (Fsp3) is 1.00. The van der Waals surface area contributed by atoms with Crippen LogP contribution >= 0.6 is 0 Å². The second kappa shape index (κ2) is 7.74. The number of ether oxygens (including phenoxy) is 1. The minimum Gasteiger partial charge on any atom is -0.381 e. The molecule has 1 N–H and O–H groups in total. The summed E-state index contributed by atoms with van der Waals surface area (Å²) in [4.78, 5) is 5.16. The van der Waals surface area contributed by atoms with Crippen LogP contribution in [0.4, 0.5) is 0 Å². The Morgan fingerprint density at radius 1 is 1.25 bits per heavy atom. The molecule has 2 aliphatic heterocycles. The van der Waals surface area contributed by atoms with Crippen molar-refractivity contribution in [2.24, 2.45) is 5.92 Å². The van der Waals surface area contributed by atoms with Crippen molar-refractivity contribution in [2.45, 2.75) is 51.7 Å². The molecule has 118 valence electrons. The summed E-state index contributed by atoms with van der Waals surface area (Å²) >= 11 is 0. The van der Waals surface area contributed by atoms with Gasteiger partial charge >= 0.3 is 0 Å². The van der Waals surface area contributed by atoms with Gasteiger partial charge in [0.05, 0.1) is 6.61 Å². The molecule has 0 aromatic rings. The highest BCUT2D eigenvalue weighted by molar-refractivity contribution is 4.88. The minimum absolute atomic E-state index is 0.597. The molecule has 2 saturated heterocycles. The zero-order valence-corrected chi connectivity index (χ0v) is 13.8. The maximum absolute atomic E-state index is 5.60. The zero-order chi connectivity index (χ0) is 14.5. The fourth-order valence-corrected chi connectivity index (χ4v) is 3.52. The smallest absolute Gasteiger partial charge is 0.0510 e. The number of hydrogen-bond donors (Lipinski definition) is 1. The van der Waals surface area contributed by atoms with Gasteiger partial charge in [-0.2, -0.15) is 0 Å². The first-order valence-electron chi connectivity index (χ1n) is 8.37. The van der Waals surface area contributed by atoms with E-state index in [4.69, 9.17) is 4.74 Å². The van der Waals surface area contributed by atoms with Gasteiger partial charge in [0.25, 0.3) is 0 Å². The highest BCUT2D eigenvalue weighted by Crippen LogP contribution is 2.20. The molecule has 0 spiro atoms. The molecule has 4 heteroatoms. The highest BCUT2D eigenvalue weighted by atomic mass is 16.5. The van der Waals surface area contributed by atoms with Crippen molar-refractivity contribution in [3.8, 4) is 0 Å². The van der Waals surface area contributed by atoms with Crippen LogP contribution in [-0.2, 0) is 4.74 Å². The third-order valence-electron chi connectivity index (χ3n) is 5.08. The number of nitrogens with zero attached hydrogens (tertiary/aromatic N) is 2. The van der Waals surface area contributed by atoms with Crippen molar-refractivity contribution in [1.82, 2.24) is 15.1 Å². The van der Waals surface area contributed by atoms with Crippen molar-refractivity contribution >= 4 is 0 Å². The van der Waals surface area contributed by atoms with Crippen molar-refractivity contribution in [3.63, 3.8) is 0 Å². The maximum Gasteiger partial charge on any atom is 0.0510 e. The van der Waals surface area contributed by atoms with Gasteiger partial charge in [0.1, 0.15) is 0 Å². The highest BCUT2D eigenvalue weighted by Gasteiger charge is 2.31. The third-order valence-corrected chi connectivity index (χ3v) is 5.08. The Balaban J connectivity index is 1.89. The van der Waals surface area contributed by atoms with Gasteiger partial charge in [-0.3, -0.25) is 9.80 Å². The number of nitrogens with one attached hydrogen (secondary N) is 1. The summed E-state index contributed by atoms with van der Waals surface area (Å²) in [6.07, 6.45) is 2.43. The lowest BCUT2D eigenvalue weighted by Gasteiger charge is -2.44. The number of hydrogen-bond acceptors (Lipinski definition) is 4. The Hall–Kier alpha value is -0.160. The van der Waals surface area contributed by atoms with Crippen molar-refractivity contribution < 1.29 is 4.74 Å². The summed E-state index contributed by atoms with van der Waals surface area (Å²) in [7, 11) is 2.25. The average molecular weight is 283 g/mol. The number of piperazine rings is 1. The van der Waals surface area contributed by atoms with Crippen molar-refractivity contribution in [2.75, 3.05) is 46.4 Å². The van der Waals surface area contributed by atoms with Crippen LogP contribution in [0.3, 0.4) is 0 Å². The summed E-state index contributed by atoms with van der Waals surface area (Å²) in [5, 5.41) is 3.76. The van der Waals surface area contributed by atoms with Crippen LogP contribution in [0.5, 0.6) is 0 Å². The second-order valence-corrected chi connectivity index (χ2v) is 6.77. The molecule has 2 heterocycles. The van der Waals surface area contributed by atoms with Crippen LogP contribution in [0.2, 0.25) is 0 Å². The summed E-state index contributed by atoms with van der Waals surface area (Å²) in [5.74, 6) is 0.701. The van der Waals surface area contributed by atoms with E-state index in [9.17, 15) is 0 Å². The molecule has 0 aromatic heterocycles. The summed E-state index contributed by atoms with van der Waals surface area (Å²) in [6, 6.07) is 1.91. The quantitative estimate of drug-likeness (QED) is 0.798. The second-order valence-electron chi connectivity index (χ2n) is 6.77. The van der Waals surface area contributed by atoms with E-state index in [-0.39, 0.29) is 0 Å². The lowest BCUT2D eigenvalue weighted by Crippen LogP contribution is -2.58. The molecule has 0 saturated carbocycles. The van der Waals surface area contributed by atoms with E-state index in [1.807, 2.05) is 0 Å². The average Bonchev–Trinajstić information content (AvgIpc) is 2.94. The fourth-order valence-electron chi connectivity index (χ4n) is 3.52. The zero-order valence-electron chi connectivity index (χ0n) is 13.8. The Kier molecular flexibility index (Phi) is 6.27. The summed E-state index contributed by atoms with van der Waals surface area (Å²) in [6.45, 7) is 13.5. The van der Waals surface area contributed by atoms with Gasteiger partial charge in [0, 0.05) is 50.3 Å². The molecule has 0 aromatic carbocycles.